The standard InChI is InChI=1S/C20H19FN2OS/c1-14(2)13-23-19(24)18(12-15-8-10-16(21)11-9-15)25-20(23)22-17-6-4-3-5-7-17/h3-12,14H,13H2,1-2H3/b18-12+,22-20?. The first-order valence-electron chi connectivity index (χ1n) is 8.13. The Balaban J connectivity index is 1.93. The van der Waals surface area contributed by atoms with Gasteiger partial charge in [0.05, 0.1) is 10.6 Å². The number of amides is 1. The van der Waals surface area contributed by atoms with E-state index in [0.717, 1.165) is 11.3 Å². The highest BCUT2D eigenvalue weighted by Crippen LogP contribution is 2.34. The number of amidine groups is 1. The monoisotopic (exact) mass is 354 g/mol. The van der Waals surface area contributed by atoms with E-state index in [9.17, 15) is 9.18 Å². The number of carbonyl (C=O) groups is 1. The van der Waals surface area contributed by atoms with Crippen LogP contribution >= 0.6 is 11.8 Å². The Kier molecular flexibility index (Phi) is 5.34. The van der Waals surface area contributed by atoms with Gasteiger partial charge in [-0.15, -0.1) is 0 Å². The number of hydrogen-bond donors (Lipinski definition) is 0. The maximum absolute atomic E-state index is 13.1. The number of halogens is 1. The highest BCUT2D eigenvalue weighted by Gasteiger charge is 2.33. The Morgan fingerprint density at radius 2 is 1.80 bits per heavy atom. The number of rotatable bonds is 4. The van der Waals surface area contributed by atoms with Crippen LogP contribution in [0.25, 0.3) is 6.08 Å². The zero-order valence-corrected chi connectivity index (χ0v) is 15.0. The summed E-state index contributed by atoms with van der Waals surface area (Å²) in [5.41, 5.74) is 1.61. The number of thioether (sulfide) groups is 1. The van der Waals surface area contributed by atoms with Crippen LogP contribution in [0.4, 0.5) is 10.1 Å². The van der Waals surface area contributed by atoms with Crippen LogP contribution in [-0.2, 0) is 4.79 Å². The second-order valence-electron chi connectivity index (χ2n) is 6.20. The predicted molar refractivity (Wildman–Crippen MR) is 102 cm³/mol. The van der Waals surface area contributed by atoms with Crippen molar-refractivity contribution in [1.29, 1.82) is 0 Å². The molecular formula is C20H19FN2OS. The minimum absolute atomic E-state index is 0.0577. The van der Waals surface area contributed by atoms with Gasteiger partial charge < -0.3 is 0 Å². The van der Waals surface area contributed by atoms with Crippen molar-refractivity contribution in [2.75, 3.05) is 6.54 Å². The highest BCUT2D eigenvalue weighted by molar-refractivity contribution is 8.18. The Bertz CT molecular complexity index is 813. The van der Waals surface area contributed by atoms with Gasteiger partial charge in [-0.25, -0.2) is 9.38 Å². The van der Waals surface area contributed by atoms with E-state index >= 15 is 0 Å². The van der Waals surface area contributed by atoms with Gasteiger partial charge in [0.2, 0.25) is 0 Å². The van der Waals surface area contributed by atoms with Crippen LogP contribution in [0.5, 0.6) is 0 Å². The molecule has 0 spiro atoms. The minimum Gasteiger partial charge on any atom is -0.286 e. The van der Waals surface area contributed by atoms with Crippen molar-refractivity contribution in [2.24, 2.45) is 10.9 Å². The summed E-state index contributed by atoms with van der Waals surface area (Å²) in [7, 11) is 0. The van der Waals surface area contributed by atoms with Gasteiger partial charge in [-0.05, 0) is 53.6 Å². The van der Waals surface area contributed by atoms with Crippen LogP contribution in [0.15, 0.2) is 64.5 Å². The summed E-state index contributed by atoms with van der Waals surface area (Å²) >= 11 is 1.36. The van der Waals surface area contributed by atoms with E-state index in [2.05, 4.69) is 18.8 Å². The molecule has 0 N–H and O–H groups in total. The fourth-order valence-electron chi connectivity index (χ4n) is 2.44. The molecule has 0 aromatic heterocycles. The summed E-state index contributed by atoms with van der Waals surface area (Å²) in [5.74, 6) is -0.0197. The van der Waals surface area contributed by atoms with Gasteiger partial charge >= 0.3 is 0 Å². The first-order chi connectivity index (χ1) is 12.0. The van der Waals surface area contributed by atoms with Crippen molar-refractivity contribution in [3.05, 3.63) is 70.9 Å². The number of para-hydroxylation sites is 1. The summed E-state index contributed by atoms with van der Waals surface area (Å²) in [6.45, 7) is 4.75. The first-order valence-corrected chi connectivity index (χ1v) is 8.95. The smallest absolute Gasteiger partial charge is 0.266 e. The molecule has 0 radical (unpaired) electrons. The van der Waals surface area contributed by atoms with Gasteiger partial charge in [-0.3, -0.25) is 9.69 Å². The molecule has 0 bridgehead atoms. The molecule has 1 aliphatic rings. The van der Waals surface area contributed by atoms with Crippen LogP contribution in [0.1, 0.15) is 19.4 Å². The molecule has 1 heterocycles. The number of hydrogen-bond acceptors (Lipinski definition) is 3. The molecule has 1 amide bonds. The molecule has 3 nitrogen and oxygen atoms in total. The molecule has 3 rings (SSSR count). The van der Waals surface area contributed by atoms with Gasteiger partial charge in [0.25, 0.3) is 5.91 Å². The van der Waals surface area contributed by atoms with Crippen LogP contribution in [-0.4, -0.2) is 22.5 Å². The molecule has 0 saturated carbocycles. The molecule has 1 saturated heterocycles. The average Bonchev–Trinajstić information content (AvgIpc) is 2.86. The van der Waals surface area contributed by atoms with Gasteiger partial charge in [-0.1, -0.05) is 44.2 Å². The second-order valence-corrected chi connectivity index (χ2v) is 7.21. The molecule has 1 aliphatic heterocycles. The second kappa shape index (κ2) is 7.66. The van der Waals surface area contributed by atoms with E-state index in [0.29, 0.717) is 22.5 Å². The summed E-state index contributed by atoms with van der Waals surface area (Å²) in [6, 6.07) is 15.7. The van der Waals surface area contributed by atoms with Gasteiger partial charge in [0, 0.05) is 6.54 Å². The predicted octanol–water partition coefficient (Wildman–Crippen LogP) is 5.09. The third-order valence-corrected chi connectivity index (χ3v) is 4.59. The van der Waals surface area contributed by atoms with Crippen LogP contribution in [0.2, 0.25) is 0 Å². The largest absolute Gasteiger partial charge is 0.286 e. The normalized spacial score (nSPS) is 17.9. The topological polar surface area (TPSA) is 32.7 Å². The van der Waals surface area contributed by atoms with Crippen molar-refractivity contribution in [1.82, 2.24) is 4.90 Å². The molecule has 25 heavy (non-hydrogen) atoms. The van der Waals surface area contributed by atoms with Crippen molar-refractivity contribution in [2.45, 2.75) is 13.8 Å². The van der Waals surface area contributed by atoms with E-state index in [-0.39, 0.29) is 11.7 Å². The Morgan fingerprint density at radius 1 is 1.12 bits per heavy atom. The lowest BCUT2D eigenvalue weighted by molar-refractivity contribution is -0.122. The summed E-state index contributed by atoms with van der Waals surface area (Å²) < 4.78 is 13.1. The SMILES string of the molecule is CC(C)CN1C(=O)/C(=C\c2ccc(F)cc2)SC1=Nc1ccccc1. The molecule has 0 unspecified atom stereocenters. The lowest BCUT2D eigenvalue weighted by atomic mass is 10.2. The number of nitrogens with zero attached hydrogens (tertiary/aromatic N) is 2. The average molecular weight is 354 g/mol. The maximum Gasteiger partial charge on any atom is 0.266 e. The minimum atomic E-state index is -0.291. The first kappa shape index (κ1) is 17.4. The zero-order valence-electron chi connectivity index (χ0n) is 14.1. The molecule has 0 atom stereocenters. The molecule has 5 heteroatoms. The van der Waals surface area contributed by atoms with Crippen LogP contribution in [0, 0.1) is 11.7 Å². The molecule has 128 valence electrons. The van der Waals surface area contributed by atoms with Gasteiger partial charge in [0.15, 0.2) is 5.17 Å². The Morgan fingerprint density at radius 3 is 2.44 bits per heavy atom. The Hall–Kier alpha value is -2.40. The quantitative estimate of drug-likeness (QED) is 0.717. The molecule has 1 fully saturated rings. The fraction of sp³-hybridized carbons (Fsp3) is 0.200. The number of aliphatic imine (C=N–C) groups is 1. The molecule has 2 aromatic rings. The van der Waals surface area contributed by atoms with E-state index in [1.54, 1.807) is 23.1 Å². The van der Waals surface area contributed by atoms with Crippen molar-refractivity contribution >= 4 is 34.6 Å². The third-order valence-electron chi connectivity index (χ3n) is 3.58. The number of benzene rings is 2. The summed E-state index contributed by atoms with van der Waals surface area (Å²) in [4.78, 5) is 19.7. The van der Waals surface area contributed by atoms with E-state index in [1.807, 2.05) is 30.3 Å². The molecule has 0 aliphatic carbocycles. The zero-order chi connectivity index (χ0) is 17.8. The lowest BCUT2D eigenvalue weighted by Gasteiger charge is -2.17. The van der Waals surface area contributed by atoms with Crippen molar-refractivity contribution in [3.8, 4) is 0 Å². The highest BCUT2D eigenvalue weighted by atomic mass is 32.2. The van der Waals surface area contributed by atoms with Crippen LogP contribution < -0.4 is 0 Å². The van der Waals surface area contributed by atoms with E-state index in [4.69, 9.17) is 0 Å². The van der Waals surface area contributed by atoms with Gasteiger partial charge in [0.1, 0.15) is 5.82 Å². The summed E-state index contributed by atoms with van der Waals surface area (Å²) in [5, 5.41) is 0.679. The van der Waals surface area contributed by atoms with E-state index < -0.39 is 0 Å². The van der Waals surface area contributed by atoms with Crippen molar-refractivity contribution in [3.63, 3.8) is 0 Å². The molecular weight excluding hydrogens is 335 g/mol. The van der Waals surface area contributed by atoms with E-state index in [1.165, 1.54) is 23.9 Å². The Labute approximate surface area is 151 Å². The lowest BCUT2D eigenvalue weighted by Crippen LogP contribution is -2.32. The third kappa shape index (κ3) is 4.37. The summed E-state index contributed by atoms with van der Waals surface area (Å²) in [6.07, 6.45) is 1.78. The van der Waals surface area contributed by atoms with Gasteiger partial charge in [-0.2, -0.15) is 0 Å². The fourth-order valence-corrected chi connectivity index (χ4v) is 3.45. The van der Waals surface area contributed by atoms with Crippen molar-refractivity contribution < 1.29 is 9.18 Å². The van der Waals surface area contributed by atoms with Crippen LogP contribution in [0.3, 0.4) is 0 Å². The maximum atomic E-state index is 13.1. The molecule has 2 aromatic carbocycles. The number of carbonyl (C=O) groups excluding carboxylic acids is 1.